The Kier molecular flexibility index (Phi) is 4.89. The number of fused-ring (bicyclic) bond motifs is 2. The van der Waals surface area contributed by atoms with E-state index in [4.69, 9.17) is 0 Å². The fourth-order valence-electron chi connectivity index (χ4n) is 3.88. The van der Waals surface area contributed by atoms with Gasteiger partial charge in [0, 0.05) is 37.9 Å². The molecule has 2 aliphatic rings. The van der Waals surface area contributed by atoms with E-state index in [-0.39, 0.29) is 12.1 Å². The summed E-state index contributed by atoms with van der Waals surface area (Å²) in [6.07, 6.45) is 1.28. The maximum absolute atomic E-state index is 12.7. The van der Waals surface area contributed by atoms with Gasteiger partial charge < -0.3 is 4.90 Å². The first-order valence-electron chi connectivity index (χ1n) is 8.73. The van der Waals surface area contributed by atoms with Gasteiger partial charge in [0.05, 0.1) is 6.20 Å². The van der Waals surface area contributed by atoms with E-state index in [1.165, 1.54) is 24.0 Å². The SMILES string of the molecule is CSc1ncc(C#N)c(N2CC3CC2CN3Cc2ccc(C(F)(F)F)nc2)n1. The molecule has 2 aromatic heterocycles. The van der Waals surface area contributed by atoms with Gasteiger partial charge in [-0.25, -0.2) is 9.97 Å². The molecule has 0 radical (unpaired) electrons. The van der Waals surface area contributed by atoms with Gasteiger partial charge in [0.1, 0.15) is 17.3 Å². The number of nitriles is 1. The molecule has 2 saturated heterocycles. The summed E-state index contributed by atoms with van der Waals surface area (Å²) >= 11 is 1.43. The summed E-state index contributed by atoms with van der Waals surface area (Å²) in [4.78, 5) is 16.6. The van der Waals surface area contributed by atoms with E-state index < -0.39 is 11.9 Å². The van der Waals surface area contributed by atoms with Gasteiger partial charge in [-0.3, -0.25) is 9.88 Å². The minimum Gasteiger partial charge on any atom is -0.349 e. The van der Waals surface area contributed by atoms with Crippen LogP contribution in [-0.4, -0.2) is 51.3 Å². The summed E-state index contributed by atoms with van der Waals surface area (Å²) in [5, 5.41) is 10.0. The Morgan fingerprint density at radius 3 is 2.61 bits per heavy atom. The second-order valence-corrected chi connectivity index (χ2v) is 7.65. The van der Waals surface area contributed by atoms with Gasteiger partial charge in [-0.15, -0.1) is 0 Å². The van der Waals surface area contributed by atoms with Crippen LogP contribution in [-0.2, 0) is 12.7 Å². The lowest BCUT2D eigenvalue weighted by Crippen LogP contribution is -2.46. The van der Waals surface area contributed by atoms with E-state index in [9.17, 15) is 18.4 Å². The molecule has 4 heterocycles. The van der Waals surface area contributed by atoms with Crippen molar-refractivity contribution in [1.82, 2.24) is 19.9 Å². The zero-order valence-electron chi connectivity index (χ0n) is 15.0. The number of alkyl halides is 3. The van der Waals surface area contributed by atoms with E-state index in [2.05, 4.69) is 30.8 Å². The van der Waals surface area contributed by atoms with Crippen molar-refractivity contribution in [2.75, 3.05) is 24.2 Å². The van der Waals surface area contributed by atoms with E-state index >= 15 is 0 Å². The van der Waals surface area contributed by atoms with Gasteiger partial charge in [0.25, 0.3) is 0 Å². The molecular formula is C18H17F3N6S. The molecule has 28 heavy (non-hydrogen) atoms. The number of rotatable bonds is 4. The number of thioether (sulfide) groups is 1. The van der Waals surface area contributed by atoms with Gasteiger partial charge >= 0.3 is 6.18 Å². The van der Waals surface area contributed by atoms with Crippen LogP contribution in [0.2, 0.25) is 0 Å². The van der Waals surface area contributed by atoms with Crippen LogP contribution in [0.1, 0.15) is 23.2 Å². The highest BCUT2D eigenvalue weighted by Crippen LogP contribution is 2.36. The molecule has 0 spiro atoms. The molecular weight excluding hydrogens is 389 g/mol. The fourth-order valence-corrected chi connectivity index (χ4v) is 4.21. The minimum atomic E-state index is -4.42. The Morgan fingerprint density at radius 1 is 1.21 bits per heavy atom. The van der Waals surface area contributed by atoms with Crippen LogP contribution in [0.15, 0.2) is 29.7 Å². The standard InChI is InChI=1S/C18H17F3N6S/c1-28-17-24-7-12(5-22)16(25-17)27-10-13-4-14(27)9-26(13)8-11-2-3-15(23-6-11)18(19,20)21/h2-3,6-7,13-14H,4,8-10H2,1H3. The number of likely N-dealkylation sites (tertiary alicyclic amines) is 1. The molecule has 0 aromatic carbocycles. The largest absolute Gasteiger partial charge is 0.433 e. The molecule has 0 amide bonds. The normalized spacial score (nSPS) is 21.9. The second kappa shape index (κ2) is 7.22. The average Bonchev–Trinajstić information content (AvgIpc) is 3.27. The third-order valence-corrected chi connectivity index (χ3v) is 5.74. The smallest absolute Gasteiger partial charge is 0.349 e. The fraction of sp³-hybridized carbons (Fsp3) is 0.444. The molecule has 2 fully saturated rings. The first-order chi connectivity index (χ1) is 13.4. The summed E-state index contributed by atoms with van der Waals surface area (Å²) < 4.78 is 38.0. The first kappa shape index (κ1) is 19.0. The van der Waals surface area contributed by atoms with E-state index in [1.54, 1.807) is 6.20 Å². The highest BCUT2D eigenvalue weighted by molar-refractivity contribution is 7.98. The maximum Gasteiger partial charge on any atom is 0.433 e. The number of hydrogen-bond acceptors (Lipinski definition) is 7. The van der Waals surface area contributed by atoms with E-state index in [1.807, 2.05) is 6.26 Å². The van der Waals surface area contributed by atoms with Gasteiger partial charge in [-0.2, -0.15) is 18.4 Å². The second-order valence-electron chi connectivity index (χ2n) is 6.88. The van der Waals surface area contributed by atoms with Crippen molar-refractivity contribution in [3.63, 3.8) is 0 Å². The summed E-state index contributed by atoms with van der Waals surface area (Å²) in [6, 6.07) is 5.17. The number of aromatic nitrogens is 3. The highest BCUT2D eigenvalue weighted by Gasteiger charge is 2.44. The number of piperazine rings is 1. The number of hydrogen-bond donors (Lipinski definition) is 0. The molecule has 2 atom stereocenters. The van der Waals surface area contributed by atoms with Crippen molar-refractivity contribution >= 4 is 17.6 Å². The summed E-state index contributed by atoms with van der Waals surface area (Å²) in [5.74, 6) is 0.671. The lowest BCUT2D eigenvalue weighted by Gasteiger charge is -2.35. The average molecular weight is 406 g/mol. The first-order valence-corrected chi connectivity index (χ1v) is 9.95. The third kappa shape index (κ3) is 3.52. The minimum absolute atomic E-state index is 0.226. The van der Waals surface area contributed by atoms with Crippen LogP contribution < -0.4 is 4.90 Å². The lowest BCUT2D eigenvalue weighted by atomic mass is 10.2. The Labute approximate surface area is 164 Å². The van der Waals surface area contributed by atoms with Crippen LogP contribution in [0.5, 0.6) is 0 Å². The summed E-state index contributed by atoms with van der Waals surface area (Å²) in [5.41, 5.74) is 0.350. The molecule has 0 saturated carbocycles. The lowest BCUT2D eigenvalue weighted by molar-refractivity contribution is -0.141. The summed E-state index contributed by atoms with van der Waals surface area (Å²) in [7, 11) is 0. The van der Waals surface area contributed by atoms with Crippen LogP contribution in [0, 0.1) is 11.3 Å². The van der Waals surface area contributed by atoms with E-state index in [0.717, 1.165) is 31.1 Å². The quantitative estimate of drug-likeness (QED) is 0.571. The van der Waals surface area contributed by atoms with Crippen molar-refractivity contribution in [2.24, 2.45) is 0 Å². The number of halogens is 3. The van der Waals surface area contributed by atoms with Gasteiger partial charge in [0.2, 0.25) is 0 Å². The Bertz CT molecular complexity index is 911. The molecule has 146 valence electrons. The monoisotopic (exact) mass is 406 g/mol. The van der Waals surface area contributed by atoms with Gasteiger partial charge in [-0.1, -0.05) is 17.8 Å². The van der Waals surface area contributed by atoms with Crippen LogP contribution >= 0.6 is 11.8 Å². The number of anilines is 1. The van der Waals surface area contributed by atoms with Crippen molar-refractivity contribution in [3.8, 4) is 6.07 Å². The predicted molar refractivity (Wildman–Crippen MR) is 97.7 cm³/mol. The van der Waals surface area contributed by atoms with Crippen molar-refractivity contribution in [1.29, 1.82) is 5.26 Å². The van der Waals surface area contributed by atoms with Crippen molar-refractivity contribution < 1.29 is 13.2 Å². The molecule has 4 rings (SSSR count). The van der Waals surface area contributed by atoms with Crippen LogP contribution in [0.25, 0.3) is 0 Å². The Balaban J connectivity index is 1.46. The third-order valence-electron chi connectivity index (χ3n) is 5.18. The number of nitrogens with zero attached hydrogens (tertiary/aromatic N) is 6. The summed E-state index contributed by atoms with van der Waals surface area (Å²) in [6.45, 7) is 2.07. The molecule has 2 unspecified atom stereocenters. The van der Waals surface area contributed by atoms with E-state index in [0.29, 0.717) is 23.1 Å². The topological polar surface area (TPSA) is 68.9 Å². The van der Waals surface area contributed by atoms with Gasteiger partial charge in [-0.05, 0) is 24.3 Å². The van der Waals surface area contributed by atoms with Crippen molar-refractivity contribution in [3.05, 3.63) is 41.3 Å². The molecule has 2 bridgehead atoms. The highest BCUT2D eigenvalue weighted by atomic mass is 32.2. The van der Waals surface area contributed by atoms with Crippen LogP contribution in [0.3, 0.4) is 0 Å². The number of pyridine rings is 1. The molecule has 0 aliphatic carbocycles. The zero-order valence-corrected chi connectivity index (χ0v) is 15.8. The Morgan fingerprint density at radius 2 is 2.04 bits per heavy atom. The van der Waals surface area contributed by atoms with Crippen LogP contribution in [0.4, 0.5) is 19.0 Å². The molecule has 6 nitrogen and oxygen atoms in total. The molecule has 2 aromatic rings. The zero-order chi connectivity index (χ0) is 19.9. The maximum atomic E-state index is 12.7. The van der Waals surface area contributed by atoms with Crippen molar-refractivity contribution in [2.45, 2.75) is 36.4 Å². The Hall–Kier alpha value is -2.38. The molecule has 10 heteroatoms. The van der Waals surface area contributed by atoms with Gasteiger partial charge in [0.15, 0.2) is 11.0 Å². The molecule has 2 aliphatic heterocycles. The molecule has 0 N–H and O–H groups in total. The predicted octanol–water partition coefficient (Wildman–Crippen LogP) is 2.95.